The van der Waals surface area contributed by atoms with E-state index in [-0.39, 0.29) is 0 Å². The van der Waals surface area contributed by atoms with E-state index in [1.165, 1.54) is 36.8 Å². The second-order valence-corrected chi connectivity index (χ2v) is 4.72. The molecule has 1 aliphatic rings. The summed E-state index contributed by atoms with van der Waals surface area (Å²) in [6, 6.07) is 6.70. The molecule has 0 bridgehead atoms. The molecule has 0 radical (unpaired) electrons. The molecule has 2 rings (SSSR count). The molecule has 0 saturated heterocycles. The van der Waals surface area contributed by atoms with Crippen molar-refractivity contribution in [3.8, 4) is 5.75 Å². The lowest BCUT2D eigenvalue weighted by Gasteiger charge is -2.15. The van der Waals surface area contributed by atoms with Crippen LogP contribution in [0, 0.1) is 0 Å². The van der Waals surface area contributed by atoms with Gasteiger partial charge in [0.2, 0.25) is 0 Å². The van der Waals surface area contributed by atoms with Crippen LogP contribution in [0.15, 0.2) is 18.2 Å². The van der Waals surface area contributed by atoms with Crippen molar-refractivity contribution in [3.63, 3.8) is 0 Å². The van der Waals surface area contributed by atoms with Crippen molar-refractivity contribution in [3.05, 3.63) is 29.3 Å². The van der Waals surface area contributed by atoms with Crippen LogP contribution in [-0.4, -0.2) is 6.10 Å². The molecule has 0 aliphatic heterocycles. The predicted molar refractivity (Wildman–Crippen MR) is 68.1 cm³/mol. The molecule has 0 aromatic heterocycles. The number of benzene rings is 1. The second-order valence-electron chi connectivity index (χ2n) is 4.72. The second kappa shape index (κ2) is 5.38. The molecule has 0 unspecified atom stereocenters. The highest BCUT2D eigenvalue weighted by Crippen LogP contribution is 2.26. The smallest absolute Gasteiger partial charge is 0.120 e. The molecule has 88 valence electrons. The quantitative estimate of drug-likeness (QED) is 0.738. The van der Waals surface area contributed by atoms with Gasteiger partial charge in [-0.05, 0) is 61.8 Å². The zero-order valence-electron chi connectivity index (χ0n) is 10.5. The van der Waals surface area contributed by atoms with Gasteiger partial charge in [0.25, 0.3) is 0 Å². The predicted octanol–water partition coefficient (Wildman–Crippen LogP) is 4.13. The van der Waals surface area contributed by atoms with E-state index in [4.69, 9.17) is 4.74 Å². The fourth-order valence-electron chi connectivity index (χ4n) is 2.40. The summed E-state index contributed by atoms with van der Waals surface area (Å²) in [5, 5.41) is 0. The van der Waals surface area contributed by atoms with Gasteiger partial charge < -0.3 is 4.74 Å². The summed E-state index contributed by atoms with van der Waals surface area (Å²) in [5.74, 6) is 1.09. The molecule has 1 saturated carbocycles. The maximum Gasteiger partial charge on any atom is 0.120 e. The van der Waals surface area contributed by atoms with E-state index < -0.39 is 0 Å². The Kier molecular flexibility index (Phi) is 3.87. The van der Waals surface area contributed by atoms with Crippen LogP contribution in [0.4, 0.5) is 0 Å². The van der Waals surface area contributed by atoms with Crippen molar-refractivity contribution in [2.75, 3.05) is 0 Å². The third-order valence-electron chi connectivity index (χ3n) is 3.45. The first kappa shape index (κ1) is 11.5. The van der Waals surface area contributed by atoms with Crippen LogP contribution in [-0.2, 0) is 12.8 Å². The largest absolute Gasteiger partial charge is 0.490 e. The minimum Gasteiger partial charge on any atom is -0.490 e. The number of hydrogen-bond donors (Lipinski definition) is 0. The molecule has 0 heterocycles. The fourth-order valence-corrected chi connectivity index (χ4v) is 2.40. The average molecular weight is 218 g/mol. The molecule has 0 atom stereocenters. The lowest BCUT2D eigenvalue weighted by atomic mass is 10.1. The Morgan fingerprint density at radius 3 is 2.06 bits per heavy atom. The Hall–Kier alpha value is -0.980. The first-order chi connectivity index (χ1) is 7.81. The van der Waals surface area contributed by atoms with E-state index in [1.807, 2.05) is 0 Å². The summed E-state index contributed by atoms with van der Waals surface area (Å²) in [7, 11) is 0. The van der Waals surface area contributed by atoms with Gasteiger partial charge in [-0.25, -0.2) is 0 Å². The highest BCUT2D eigenvalue weighted by Gasteiger charge is 2.16. The summed E-state index contributed by atoms with van der Waals surface area (Å²) < 4.78 is 6.06. The van der Waals surface area contributed by atoms with E-state index in [0.29, 0.717) is 6.10 Å². The first-order valence-corrected chi connectivity index (χ1v) is 6.61. The molecule has 1 aliphatic carbocycles. The van der Waals surface area contributed by atoms with Crippen LogP contribution < -0.4 is 4.74 Å². The highest BCUT2D eigenvalue weighted by molar-refractivity contribution is 5.34. The van der Waals surface area contributed by atoms with Crippen LogP contribution in [0.5, 0.6) is 5.75 Å². The monoisotopic (exact) mass is 218 g/mol. The standard InChI is InChI=1S/C15H22O/c1-3-12-9-13(4-2)11-15(10-12)16-14-7-5-6-8-14/h9-11,14H,3-8H2,1-2H3. The van der Waals surface area contributed by atoms with Crippen LogP contribution in [0.2, 0.25) is 0 Å². The Balaban J connectivity index is 2.12. The molecule has 1 fully saturated rings. The topological polar surface area (TPSA) is 9.23 Å². The van der Waals surface area contributed by atoms with Gasteiger partial charge in [-0.2, -0.15) is 0 Å². The van der Waals surface area contributed by atoms with Gasteiger partial charge >= 0.3 is 0 Å². The Morgan fingerprint density at radius 2 is 1.56 bits per heavy atom. The fraction of sp³-hybridized carbons (Fsp3) is 0.600. The molecule has 1 nitrogen and oxygen atoms in total. The minimum atomic E-state index is 0.469. The number of ether oxygens (including phenoxy) is 1. The van der Waals surface area contributed by atoms with Gasteiger partial charge in [0.05, 0.1) is 6.10 Å². The highest BCUT2D eigenvalue weighted by atomic mass is 16.5. The maximum absolute atomic E-state index is 6.06. The van der Waals surface area contributed by atoms with Crippen molar-refractivity contribution in [2.45, 2.75) is 58.5 Å². The van der Waals surface area contributed by atoms with E-state index in [0.717, 1.165) is 18.6 Å². The minimum absolute atomic E-state index is 0.469. The Labute approximate surface area is 98.8 Å². The van der Waals surface area contributed by atoms with Crippen LogP contribution in [0.3, 0.4) is 0 Å². The van der Waals surface area contributed by atoms with Gasteiger partial charge in [-0.1, -0.05) is 19.9 Å². The molecule has 1 heteroatoms. The molecule has 0 amide bonds. The van der Waals surface area contributed by atoms with Gasteiger partial charge in [-0.3, -0.25) is 0 Å². The average Bonchev–Trinajstić information content (AvgIpc) is 2.81. The molecule has 16 heavy (non-hydrogen) atoms. The summed E-state index contributed by atoms with van der Waals surface area (Å²) in [4.78, 5) is 0. The SMILES string of the molecule is CCc1cc(CC)cc(OC2CCCC2)c1. The molecule has 0 N–H and O–H groups in total. The van der Waals surface area contributed by atoms with Crippen LogP contribution in [0.25, 0.3) is 0 Å². The number of aryl methyl sites for hydroxylation is 2. The van der Waals surface area contributed by atoms with Gasteiger partial charge in [0, 0.05) is 0 Å². The molecular formula is C15H22O. The molecular weight excluding hydrogens is 196 g/mol. The maximum atomic E-state index is 6.06. The zero-order valence-corrected chi connectivity index (χ0v) is 10.5. The molecule has 0 spiro atoms. The Bertz CT molecular complexity index is 315. The van der Waals surface area contributed by atoms with Crippen LogP contribution >= 0.6 is 0 Å². The first-order valence-electron chi connectivity index (χ1n) is 6.61. The van der Waals surface area contributed by atoms with E-state index >= 15 is 0 Å². The third kappa shape index (κ3) is 2.78. The van der Waals surface area contributed by atoms with Crippen molar-refractivity contribution < 1.29 is 4.74 Å². The van der Waals surface area contributed by atoms with Crippen molar-refractivity contribution in [1.82, 2.24) is 0 Å². The lowest BCUT2D eigenvalue weighted by Crippen LogP contribution is -2.11. The normalized spacial score (nSPS) is 16.6. The Morgan fingerprint density at radius 1 is 1.00 bits per heavy atom. The zero-order chi connectivity index (χ0) is 11.4. The van der Waals surface area contributed by atoms with Gasteiger partial charge in [0.1, 0.15) is 5.75 Å². The van der Waals surface area contributed by atoms with Crippen molar-refractivity contribution in [1.29, 1.82) is 0 Å². The lowest BCUT2D eigenvalue weighted by molar-refractivity contribution is 0.209. The van der Waals surface area contributed by atoms with E-state index in [9.17, 15) is 0 Å². The summed E-state index contributed by atoms with van der Waals surface area (Å²) >= 11 is 0. The van der Waals surface area contributed by atoms with Gasteiger partial charge in [0.15, 0.2) is 0 Å². The summed E-state index contributed by atoms with van der Waals surface area (Å²) in [6.07, 6.45) is 7.79. The molecule has 1 aromatic carbocycles. The molecule has 1 aromatic rings. The number of hydrogen-bond acceptors (Lipinski definition) is 1. The number of rotatable bonds is 4. The summed E-state index contributed by atoms with van der Waals surface area (Å²) in [6.45, 7) is 4.41. The third-order valence-corrected chi connectivity index (χ3v) is 3.45. The van der Waals surface area contributed by atoms with Crippen molar-refractivity contribution in [2.24, 2.45) is 0 Å². The van der Waals surface area contributed by atoms with Gasteiger partial charge in [-0.15, -0.1) is 0 Å². The van der Waals surface area contributed by atoms with Crippen molar-refractivity contribution >= 4 is 0 Å². The van der Waals surface area contributed by atoms with E-state index in [1.54, 1.807) is 0 Å². The summed E-state index contributed by atoms with van der Waals surface area (Å²) in [5.41, 5.74) is 2.79. The van der Waals surface area contributed by atoms with Crippen LogP contribution in [0.1, 0.15) is 50.7 Å². The van der Waals surface area contributed by atoms with E-state index in [2.05, 4.69) is 32.0 Å².